The number of amides is 1. The maximum atomic E-state index is 12.0. The highest BCUT2D eigenvalue weighted by atomic mass is 127. The van der Waals surface area contributed by atoms with Crippen molar-refractivity contribution in [3.8, 4) is 0 Å². The summed E-state index contributed by atoms with van der Waals surface area (Å²) in [5.74, 6) is 2.31. The van der Waals surface area contributed by atoms with Crippen LogP contribution >= 0.6 is 24.0 Å². The predicted molar refractivity (Wildman–Crippen MR) is 122 cm³/mol. The highest BCUT2D eigenvalue weighted by Gasteiger charge is 2.25. The number of benzene rings is 1. The molecule has 150 valence electrons. The van der Waals surface area contributed by atoms with Crippen molar-refractivity contribution in [2.24, 2.45) is 10.9 Å². The van der Waals surface area contributed by atoms with Crippen LogP contribution in [0.15, 0.2) is 35.3 Å². The number of aliphatic imine (C=N–C) groups is 1. The predicted octanol–water partition coefficient (Wildman–Crippen LogP) is 3.37. The third kappa shape index (κ3) is 6.66. The first-order valence-corrected chi connectivity index (χ1v) is 10.0. The Morgan fingerprint density at radius 1 is 1.11 bits per heavy atom. The van der Waals surface area contributed by atoms with Crippen LogP contribution in [0.4, 0.5) is 0 Å². The summed E-state index contributed by atoms with van der Waals surface area (Å²) in [6.45, 7) is 3.39. The first kappa shape index (κ1) is 22.0. The fourth-order valence-electron chi connectivity index (χ4n) is 4.21. The minimum atomic E-state index is 0. The second kappa shape index (κ2) is 11.5. The van der Waals surface area contributed by atoms with Gasteiger partial charge in [-0.05, 0) is 30.7 Å². The molecule has 6 heteroatoms. The minimum Gasteiger partial charge on any atom is -0.354 e. The molecule has 2 N–H and O–H groups in total. The summed E-state index contributed by atoms with van der Waals surface area (Å²) in [7, 11) is 1.83. The van der Waals surface area contributed by atoms with Crippen molar-refractivity contribution in [3.05, 3.63) is 35.9 Å². The summed E-state index contributed by atoms with van der Waals surface area (Å²) < 4.78 is 0. The lowest BCUT2D eigenvalue weighted by Gasteiger charge is -2.22. The smallest absolute Gasteiger partial charge is 0.220 e. The third-order valence-corrected chi connectivity index (χ3v) is 5.65. The largest absolute Gasteiger partial charge is 0.354 e. The molecule has 1 saturated carbocycles. The molecule has 1 aromatic carbocycles. The lowest BCUT2D eigenvalue weighted by Crippen LogP contribution is -2.43. The normalized spacial score (nSPS) is 20.4. The van der Waals surface area contributed by atoms with Crippen LogP contribution in [0.3, 0.4) is 0 Å². The Morgan fingerprint density at radius 3 is 2.52 bits per heavy atom. The minimum absolute atomic E-state index is 0. The summed E-state index contributed by atoms with van der Waals surface area (Å²) >= 11 is 0. The molecule has 0 radical (unpaired) electrons. The summed E-state index contributed by atoms with van der Waals surface area (Å²) in [4.78, 5) is 18.7. The molecule has 0 aromatic heterocycles. The standard InChI is InChI=1S/C21H32N4O.HI/c1-22-21(24-13-12-23-20(26)15-17-7-5-6-8-17)25-14-11-19(16-25)18-9-3-2-4-10-18;/h2-4,9-10,17,19H,5-8,11-16H2,1H3,(H,22,24)(H,23,26);1H. The van der Waals surface area contributed by atoms with Gasteiger partial charge in [0.2, 0.25) is 5.91 Å². The second-order valence-corrected chi connectivity index (χ2v) is 7.52. The van der Waals surface area contributed by atoms with Crippen molar-refractivity contribution >= 4 is 35.8 Å². The number of likely N-dealkylation sites (tertiary alicyclic amines) is 1. The summed E-state index contributed by atoms with van der Waals surface area (Å²) in [6.07, 6.45) is 6.86. The molecular weight excluding hydrogens is 451 g/mol. The van der Waals surface area contributed by atoms with Crippen LogP contribution in [0.5, 0.6) is 0 Å². The molecule has 27 heavy (non-hydrogen) atoms. The molecule has 1 atom stereocenters. The summed E-state index contributed by atoms with van der Waals surface area (Å²) in [5, 5.41) is 6.43. The Morgan fingerprint density at radius 2 is 1.81 bits per heavy atom. The van der Waals surface area contributed by atoms with Gasteiger partial charge in [0.1, 0.15) is 0 Å². The average molecular weight is 484 g/mol. The number of hydrogen-bond acceptors (Lipinski definition) is 2. The first-order chi connectivity index (χ1) is 12.8. The zero-order chi connectivity index (χ0) is 18.2. The molecule has 1 aliphatic heterocycles. The van der Waals surface area contributed by atoms with Gasteiger partial charge >= 0.3 is 0 Å². The number of nitrogens with zero attached hydrogens (tertiary/aromatic N) is 2. The molecular formula is C21H33IN4O. The molecule has 1 aliphatic carbocycles. The van der Waals surface area contributed by atoms with Crippen LogP contribution in [-0.2, 0) is 4.79 Å². The van der Waals surface area contributed by atoms with Gasteiger partial charge in [-0.25, -0.2) is 0 Å². The number of carbonyl (C=O) groups is 1. The Balaban J connectivity index is 0.00000261. The van der Waals surface area contributed by atoms with Gasteiger partial charge in [-0.1, -0.05) is 43.2 Å². The molecule has 0 spiro atoms. The van der Waals surface area contributed by atoms with E-state index in [0.717, 1.165) is 32.0 Å². The topological polar surface area (TPSA) is 56.7 Å². The van der Waals surface area contributed by atoms with Crippen LogP contribution in [0.2, 0.25) is 0 Å². The lowest BCUT2D eigenvalue weighted by molar-refractivity contribution is -0.121. The molecule has 1 aromatic rings. The van der Waals surface area contributed by atoms with E-state index < -0.39 is 0 Å². The van der Waals surface area contributed by atoms with E-state index in [2.05, 4.69) is 50.9 Å². The van der Waals surface area contributed by atoms with Crippen LogP contribution in [0, 0.1) is 5.92 Å². The van der Waals surface area contributed by atoms with E-state index >= 15 is 0 Å². The number of carbonyl (C=O) groups excluding carboxylic acids is 1. The lowest BCUT2D eigenvalue weighted by atomic mass is 9.99. The molecule has 1 unspecified atom stereocenters. The molecule has 0 bridgehead atoms. The fraction of sp³-hybridized carbons (Fsp3) is 0.619. The van der Waals surface area contributed by atoms with E-state index in [1.807, 2.05) is 7.05 Å². The number of halogens is 1. The quantitative estimate of drug-likeness (QED) is 0.282. The maximum absolute atomic E-state index is 12.0. The van der Waals surface area contributed by atoms with Gasteiger partial charge in [0, 0.05) is 45.6 Å². The Hall–Kier alpha value is -1.31. The number of nitrogens with one attached hydrogen (secondary N) is 2. The van der Waals surface area contributed by atoms with Crippen LogP contribution in [-0.4, -0.2) is 50.0 Å². The van der Waals surface area contributed by atoms with E-state index in [4.69, 9.17) is 0 Å². The highest BCUT2D eigenvalue weighted by molar-refractivity contribution is 14.0. The van der Waals surface area contributed by atoms with E-state index in [9.17, 15) is 4.79 Å². The van der Waals surface area contributed by atoms with Gasteiger partial charge in [0.15, 0.2) is 5.96 Å². The van der Waals surface area contributed by atoms with Crippen molar-refractivity contribution in [1.29, 1.82) is 0 Å². The molecule has 2 aliphatic rings. The molecule has 1 saturated heterocycles. The molecule has 5 nitrogen and oxygen atoms in total. The maximum Gasteiger partial charge on any atom is 0.220 e. The van der Waals surface area contributed by atoms with E-state index in [-0.39, 0.29) is 29.9 Å². The van der Waals surface area contributed by atoms with Gasteiger partial charge in [-0.3, -0.25) is 9.79 Å². The van der Waals surface area contributed by atoms with Gasteiger partial charge < -0.3 is 15.5 Å². The Bertz CT molecular complexity index is 601. The molecule has 1 amide bonds. The zero-order valence-corrected chi connectivity index (χ0v) is 18.7. The highest BCUT2D eigenvalue weighted by Crippen LogP contribution is 2.27. The van der Waals surface area contributed by atoms with Crippen molar-refractivity contribution in [1.82, 2.24) is 15.5 Å². The van der Waals surface area contributed by atoms with E-state index in [1.165, 1.54) is 31.2 Å². The number of guanidine groups is 1. The average Bonchev–Trinajstić information content (AvgIpc) is 3.35. The van der Waals surface area contributed by atoms with E-state index in [0.29, 0.717) is 24.8 Å². The van der Waals surface area contributed by atoms with Gasteiger partial charge in [-0.15, -0.1) is 24.0 Å². The Kier molecular flexibility index (Phi) is 9.38. The third-order valence-electron chi connectivity index (χ3n) is 5.65. The van der Waals surface area contributed by atoms with Crippen molar-refractivity contribution in [2.75, 3.05) is 33.2 Å². The number of hydrogen-bond donors (Lipinski definition) is 2. The summed E-state index contributed by atoms with van der Waals surface area (Å²) in [6, 6.07) is 10.7. The first-order valence-electron chi connectivity index (χ1n) is 10.0. The number of rotatable bonds is 6. The van der Waals surface area contributed by atoms with E-state index in [1.54, 1.807) is 0 Å². The fourth-order valence-corrected chi connectivity index (χ4v) is 4.21. The SMILES string of the molecule is CN=C(NCCNC(=O)CC1CCCC1)N1CCC(c2ccccc2)C1.I. The van der Waals surface area contributed by atoms with Crippen LogP contribution in [0.1, 0.15) is 50.0 Å². The van der Waals surface area contributed by atoms with Gasteiger partial charge in [0.25, 0.3) is 0 Å². The van der Waals surface area contributed by atoms with Gasteiger partial charge in [-0.2, -0.15) is 0 Å². The van der Waals surface area contributed by atoms with Crippen molar-refractivity contribution in [2.45, 2.75) is 44.4 Å². The second-order valence-electron chi connectivity index (χ2n) is 7.52. The van der Waals surface area contributed by atoms with Crippen molar-refractivity contribution in [3.63, 3.8) is 0 Å². The van der Waals surface area contributed by atoms with Gasteiger partial charge in [0.05, 0.1) is 0 Å². The van der Waals surface area contributed by atoms with Crippen LogP contribution in [0.25, 0.3) is 0 Å². The summed E-state index contributed by atoms with van der Waals surface area (Å²) in [5.41, 5.74) is 1.41. The van der Waals surface area contributed by atoms with Crippen molar-refractivity contribution < 1.29 is 4.79 Å². The molecule has 3 rings (SSSR count). The monoisotopic (exact) mass is 484 g/mol. The molecule has 2 fully saturated rings. The molecule has 1 heterocycles. The van der Waals surface area contributed by atoms with Crippen LogP contribution < -0.4 is 10.6 Å². The Labute approximate surface area is 180 Å². The zero-order valence-electron chi connectivity index (χ0n) is 16.3.